The van der Waals surface area contributed by atoms with Gasteiger partial charge in [0.2, 0.25) is 0 Å². The highest BCUT2D eigenvalue weighted by Gasteiger charge is 2.35. The zero-order chi connectivity index (χ0) is 17.1. The molecular weight excluding hydrogens is 324 g/mol. The summed E-state index contributed by atoms with van der Waals surface area (Å²) in [6.45, 7) is 4.33. The molecule has 24 heavy (non-hydrogen) atoms. The molecular formula is C19H21ClN2O2. The predicted molar refractivity (Wildman–Crippen MR) is 94.1 cm³/mol. The molecule has 1 fully saturated rings. The van der Waals surface area contributed by atoms with Gasteiger partial charge in [-0.3, -0.25) is 9.78 Å². The van der Waals surface area contributed by atoms with Gasteiger partial charge in [0.05, 0.1) is 0 Å². The summed E-state index contributed by atoms with van der Waals surface area (Å²) in [6.07, 6.45) is 5.09. The molecule has 0 N–H and O–H groups in total. The second-order valence-electron chi connectivity index (χ2n) is 6.22. The van der Waals surface area contributed by atoms with Gasteiger partial charge in [-0.25, -0.2) is 0 Å². The summed E-state index contributed by atoms with van der Waals surface area (Å²) in [4.78, 5) is 18.8. The second-order valence-corrected chi connectivity index (χ2v) is 6.66. The van der Waals surface area contributed by atoms with E-state index < -0.39 is 6.10 Å². The number of benzene rings is 1. The van der Waals surface area contributed by atoms with E-state index in [1.807, 2.05) is 36.1 Å². The molecule has 1 saturated carbocycles. The summed E-state index contributed by atoms with van der Waals surface area (Å²) < 4.78 is 5.90. The highest BCUT2D eigenvalue weighted by Crippen LogP contribution is 2.30. The number of nitrogens with zero attached hydrogens (tertiary/aromatic N) is 2. The molecule has 0 aliphatic heterocycles. The van der Waals surface area contributed by atoms with Crippen molar-refractivity contribution in [3.63, 3.8) is 0 Å². The minimum Gasteiger partial charge on any atom is -0.481 e. The van der Waals surface area contributed by atoms with Gasteiger partial charge in [-0.2, -0.15) is 0 Å². The number of carbonyl (C=O) groups is 1. The summed E-state index contributed by atoms with van der Waals surface area (Å²) in [5.41, 5.74) is 2.01. The van der Waals surface area contributed by atoms with Crippen LogP contribution in [0.3, 0.4) is 0 Å². The van der Waals surface area contributed by atoms with Crippen molar-refractivity contribution in [2.45, 2.75) is 45.4 Å². The minimum absolute atomic E-state index is 0.0173. The Hall–Kier alpha value is -2.07. The zero-order valence-corrected chi connectivity index (χ0v) is 14.7. The first-order valence-corrected chi connectivity index (χ1v) is 8.54. The second kappa shape index (κ2) is 7.22. The Labute approximate surface area is 147 Å². The predicted octanol–water partition coefficient (Wildman–Crippen LogP) is 4.00. The lowest BCUT2D eigenvalue weighted by molar-refractivity contribution is -0.139. The number of aryl methyl sites for hydroxylation is 1. The van der Waals surface area contributed by atoms with Crippen molar-refractivity contribution in [2.75, 3.05) is 0 Å². The Bertz CT molecular complexity index is 717. The van der Waals surface area contributed by atoms with E-state index in [1.54, 1.807) is 25.4 Å². The Kier molecular flexibility index (Phi) is 5.05. The number of ether oxygens (including phenoxy) is 1. The van der Waals surface area contributed by atoms with Crippen molar-refractivity contribution in [2.24, 2.45) is 0 Å². The maximum atomic E-state index is 12.9. The molecule has 0 radical (unpaired) electrons. The van der Waals surface area contributed by atoms with Gasteiger partial charge < -0.3 is 9.64 Å². The van der Waals surface area contributed by atoms with Gasteiger partial charge in [-0.1, -0.05) is 11.6 Å². The maximum Gasteiger partial charge on any atom is 0.263 e. The van der Waals surface area contributed by atoms with E-state index in [0.717, 1.165) is 24.0 Å². The zero-order valence-electron chi connectivity index (χ0n) is 13.9. The lowest BCUT2D eigenvalue weighted by atomic mass is 10.2. The van der Waals surface area contributed by atoms with Crippen molar-refractivity contribution < 1.29 is 9.53 Å². The molecule has 1 aliphatic carbocycles. The maximum absolute atomic E-state index is 12.9. The summed E-state index contributed by atoms with van der Waals surface area (Å²) in [5.74, 6) is 0.712. The van der Waals surface area contributed by atoms with Crippen LogP contribution in [0.25, 0.3) is 0 Å². The number of rotatable bonds is 6. The third kappa shape index (κ3) is 4.06. The summed E-state index contributed by atoms with van der Waals surface area (Å²) in [7, 11) is 0. The monoisotopic (exact) mass is 344 g/mol. The molecule has 1 aromatic carbocycles. The van der Waals surface area contributed by atoms with E-state index in [1.165, 1.54) is 0 Å². The Morgan fingerprint density at radius 3 is 2.67 bits per heavy atom. The molecule has 1 heterocycles. The minimum atomic E-state index is -0.535. The molecule has 3 rings (SSSR count). The highest BCUT2D eigenvalue weighted by atomic mass is 35.5. The topological polar surface area (TPSA) is 42.4 Å². The number of hydrogen-bond donors (Lipinski definition) is 0. The van der Waals surface area contributed by atoms with E-state index in [0.29, 0.717) is 23.4 Å². The van der Waals surface area contributed by atoms with Crippen LogP contribution in [0.5, 0.6) is 5.75 Å². The summed E-state index contributed by atoms with van der Waals surface area (Å²) in [5, 5.41) is 0.663. The first-order chi connectivity index (χ1) is 11.5. The van der Waals surface area contributed by atoms with Gasteiger partial charge in [-0.05, 0) is 68.1 Å². The molecule has 2 aromatic rings. The van der Waals surface area contributed by atoms with Crippen LogP contribution in [0.1, 0.15) is 30.9 Å². The van der Waals surface area contributed by atoms with Crippen LogP contribution in [-0.2, 0) is 11.3 Å². The molecule has 1 amide bonds. The average molecular weight is 345 g/mol. The fourth-order valence-corrected chi connectivity index (χ4v) is 2.90. The first kappa shape index (κ1) is 16.8. The average Bonchev–Trinajstić information content (AvgIpc) is 3.40. The molecule has 5 heteroatoms. The van der Waals surface area contributed by atoms with Crippen LogP contribution in [0.2, 0.25) is 5.02 Å². The quantitative estimate of drug-likeness (QED) is 0.795. The fraction of sp³-hybridized carbons (Fsp3) is 0.368. The first-order valence-electron chi connectivity index (χ1n) is 8.17. The van der Waals surface area contributed by atoms with Crippen LogP contribution in [-0.4, -0.2) is 27.9 Å². The lowest BCUT2D eigenvalue weighted by Crippen LogP contribution is -2.41. The van der Waals surface area contributed by atoms with Gasteiger partial charge >= 0.3 is 0 Å². The Morgan fingerprint density at radius 1 is 1.33 bits per heavy atom. The third-order valence-electron chi connectivity index (χ3n) is 4.16. The third-order valence-corrected chi connectivity index (χ3v) is 4.40. The summed E-state index contributed by atoms with van der Waals surface area (Å²) in [6, 6.07) is 9.63. The van der Waals surface area contributed by atoms with Crippen molar-refractivity contribution in [1.29, 1.82) is 0 Å². The van der Waals surface area contributed by atoms with Crippen LogP contribution in [0.4, 0.5) is 0 Å². The number of amides is 1. The fourth-order valence-electron chi connectivity index (χ4n) is 2.68. The van der Waals surface area contributed by atoms with E-state index in [-0.39, 0.29) is 5.91 Å². The summed E-state index contributed by atoms with van der Waals surface area (Å²) >= 11 is 5.97. The Morgan fingerprint density at radius 2 is 2.04 bits per heavy atom. The molecule has 4 nitrogen and oxygen atoms in total. The van der Waals surface area contributed by atoms with Gasteiger partial charge in [0, 0.05) is 30.0 Å². The van der Waals surface area contributed by atoms with Crippen molar-refractivity contribution in [3.8, 4) is 5.75 Å². The molecule has 0 bridgehead atoms. The van der Waals surface area contributed by atoms with Crippen LogP contribution in [0, 0.1) is 6.92 Å². The molecule has 1 aliphatic rings. The number of pyridine rings is 1. The molecule has 1 aromatic heterocycles. The molecule has 0 saturated heterocycles. The highest BCUT2D eigenvalue weighted by molar-refractivity contribution is 6.30. The molecule has 0 spiro atoms. The SMILES string of the molecule is Cc1cc(Cl)ccc1OC(C)C(=O)N(Cc1ccncc1)C1CC1. The van der Waals surface area contributed by atoms with Crippen molar-refractivity contribution in [3.05, 3.63) is 58.9 Å². The standard InChI is InChI=1S/C19H21ClN2O2/c1-13-11-16(20)3-6-18(13)24-14(2)19(23)22(17-4-5-17)12-15-7-9-21-10-8-15/h3,6-11,14,17H,4-5,12H2,1-2H3. The van der Waals surface area contributed by atoms with E-state index >= 15 is 0 Å². The number of carbonyl (C=O) groups excluding carboxylic acids is 1. The van der Waals surface area contributed by atoms with Gasteiger partial charge in [-0.15, -0.1) is 0 Å². The Balaban J connectivity index is 1.70. The van der Waals surface area contributed by atoms with Gasteiger partial charge in [0.25, 0.3) is 5.91 Å². The van der Waals surface area contributed by atoms with Crippen LogP contribution in [0.15, 0.2) is 42.7 Å². The number of aromatic nitrogens is 1. The van der Waals surface area contributed by atoms with Gasteiger partial charge in [0.15, 0.2) is 6.10 Å². The lowest BCUT2D eigenvalue weighted by Gasteiger charge is -2.26. The molecule has 1 atom stereocenters. The van der Waals surface area contributed by atoms with Crippen LogP contribution < -0.4 is 4.74 Å². The molecule has 126 valence electrons. The molecule has 1 unspecified atom stereocenters. The number of hydrogen-bond acceptors (Lipinski definition) is 3. The van der Waals surface area contributed by atoms with E-state index in [9.17, 15) is 4.79 Å². The van der Waals surface area contributed by atoms with E-state index in [2.05, 4.69) is 4.98 Å². The normalized spacial score (nSPS) is 15.0. The smallest absolute Gasteiger partial charge is 0.263 e. The van der Waals surface area contributed by atoms with Crippen LogP contribution >= 0.6 is 11.6 Å². The van der Waals surface area contributed by atoms with Gasteiger partial charge in [0.1, 0.15) is 5.75 Å². The van der Waals surface area contributed by atoms with E-state index in [4.69, 9.17) is 16.3 Å². The number of halogens is 1. The largest absolute Gasteiger partial charge is 0.481 e. The van der Waals surface area contributed by atoms with Crippen molar-refractivity contribution >= 4 is 17.5 Å². The van der Waals surface area contributed by atoms with Crippen molar-refractivity contribution in [1.82, 2.24) is 9.88 Å².